The van der Waals surface area contributed by atoms with Crippen LogP contribution in [0.5, 0.6) is 0 Å². The highest BCUT2D eigenvalue weighted by Gasteiger charge is 2.48. The van der Waals surface area contributed by atoms with Crippen LogP contribution in [0, 0.1) is 0 Å². The predicted octanol–water partition coefficient (Wildman–Crippen LogP) is 5.36. The van der Waals surface area contributed by atoms with Crippen molar-refractivity contribution in [2.45, 2.75) is 43.7 Å². The van der Waals surface area contributed by atoms with Crippen LogP contribution >= 0.6 is 0 Å². The summed E-state index contributed by atoms with van der Waals surface area (Å²) in [6.07, 6.45) is 3.70. The highest BCUT2D eigenvalue weighted by Crippen LogP contribution is 2.42. The second-order valence-corrected chi connectivity index (χ2v) is 8.34. The number of hydrogen-bond acceptors (Lipinski definition) is 3. The molecule has 154 valence electrons. The van der Waals surface area contributed by atoms with E-state index in [4.69, 9.17) is 9.47 Å². The van der Waals surface area contributed by atoms with Crippen molar-refractivity contribution in [1.82, 2.24) is 4.90 Å². The molecule has 5 rings (SSSR count). The van der Waals surface area contributed by atoms with Crippen molar-refractivity contribution in [1.29, 1.82) is 0 Å². The molecule has 2 fully saturated rings. The van der Waals surface area contributed by atoms with Crippen molar-refractivity contribution in [2.24, 2.45) is 0 Å². The highest BCUT2D eigenvalue weighted by atomic mass is 16.7. The number of piperidine rings is 1. The smallest absolute Gasteiger partial charge is 0.222 e. The Kier molecular flexibility index (Phi) is 5.67. The molecular weight excluding hydrogens is 370 g/mol. The van der Waals surface area contributed by atoms with Gasteiger partial charge in [0.2, 0.25) is 5.79 Å². The van der Waals surface area contributed by atoms with E-state index in [0.717, 1.165) is 30.6 Å². The van der Waals surface area contributed by atoms with Gasteiger partial charge in [-0.15, -0.1) is 0 Å². The quantitative estimate of drug-likeness (QED) is 0.577. The minimum absolute atomic E-state index is 0.0504. The van der Waals surface area contributed by atoms with Gasteiger partial charge < -0.3 is 9.47 Å². The first-order valence-corrected chi connectivity index (χ1v) is 11.1. The molecule has 2 saturated heterocycles. The third-order valence-corrected chi connectivity index (χ3v) is 6.40. The molecule has 0 amide bonds. The maximum atomic E-state index is 6.86. The zero-order chi connectivity index (χ0) is 20.2. The van der Waals surface area contributed by atoms with E-state index in [0.29, 0.717) is 12.6 Å². The van der Waals surface area contributed by atoms with Crippen molar-refractivity contribution < 1.29 is 9.47 Å². The Bertz CT molecular complexity index is 889. The highest BCUT2D eigenvalue weighted by molar-refractivity contribution is 5.34. The Morgan fingerprint density at radius 3 is 2.00 bits per heavy atom. The molecule has 2 heterocycles. The van der Waals surface area contributed by atoms with Crippen LogP contribution in [0.3, 0.4) is 0 Å². The Balaban J connectivity index is 1.43. The molecule has 2 aliphatic rings. The molecule has 0 spiro atoms. The molecule has 2 aliphatic heterocycles. The zero-order valence-corrected chi connectivity index (χ0v) is 17.3. The van der Waals surface area contributed by atoms with Crippen LogP contribution in [0.25, 0.3) is 0 Å². The Morgan fingerprint density at radius 2 is 1.37 bits per heavy atom. The summed E-state index contributed by atoms with van der Waals surface area (Å²) in [6, 6.07) is 31.9. The van der Waals surface area contributed by atoms with E-state index in [1.165, 1.54) is 18.4 Å². The van der Waals surface area contributed by atoms with Crippen LogP contribution in [0.2, 0.25) is 0 Å². The maximum Gasteiger partial charge on any atom is 0.222 e. The van der Waals surface area contributed by atoms with Crippen molar-refractivity contribution in [2.75, 3.05) is 13.2 Å². The second-order valence-electron chi connectivity index (χ2n) is 8.34. The summed E-state index contributed by atoms with van der Waals surface area (Å²) in [5, 5.41) is 0. The first-order valence-electron chi connectivity index (χ1n) is 11.1. The standard InChI is InChI=1S/C27H29NO2/c1-4-12-22(13-5-1)20-28-19-11-10-18-25(28)26-21-29-27(30-26,23-14-6-2-7-15-23)24-16-8-3-9-17-24/h1-9,12-17,25-26H,10-11,18-21H2/t25?,26-/m0/s1. The molecule has 3 heteroatoms. The molecule has 0 bridgehead atoms. The largest absolute Gasteiger partial charge is 0.339 e. The van der Waals surface area contributed by atoms with Gasteiger partial charge in [0.25, 0.3) is 0 Å². The molecule has 0 N–H and O–H groups in total. The van der Waals surface area contributed by atoms with Gasteiger partial charge in [-0.2, -0.15) is 0 Å². The molecule has 2 atom stereocenters. The molecule has 0 saturated carbocycles. The van der Waals surface area contributed by atoms with Crippen molar-refractivity contribution >= 4 is 0 Å². The molecule has 3 aromatic rings. The first-order chi connectivity index (χ1) is 14.9. The van der Waals surface area contributed by atoms with Gasteiger partial charge in [-0.25, -0.2) is 0 Å². The van der Waals surface area contributed by atoms with Gasteiger partial charge in [0, 0.05) is 23.7 Å². The van der Waals surface area contributed by atoms with Gasteiger partial charge in [0.15, 0.2) is 0 Å². The number of hydrogen-bond donors (Lipinski definition) is 0. The summed E-state index contributed by atoms with van der Waals surface area (Å²) < 4.78 is 13.4. The lowest BCUT2D eigenvalue weighted by molar-refractivity contribution is -0.152. The van der Waals surface area contributed by atoms with Crippen LogP contribution in [0.1, 0.15) is 36.0 Å². The summed E-state index contributed by atoms with van der Waals surface area (Å²) >= 11 is 0. The minimum Gasteiger partial charge on any atom is -0.339 e. The lowest BCUT2D eigenvalue weighted by Crippen LogP contribution is -2.47. The van der Waals surface area contributed by atoms with Crippen molar-refractivity contribution in [3.8, 4) is 0 Å². The number of ether oxygens (including phenoxy) is 2. The molecular formula is C27H29NO2. The Hall–Kier alpha value is -2.46. The average molecular weight is 400 g/mol. The van der Waals surface area contributed by atoms with Gasteiger partial charge in [-0.3, -0.25) is 4.90 Å². The summed E-state index contributed by atoms with van der Waals surface area (Å²) in [6.45, 7) is 2.69. The van der Waals surface area contributed by atoms with E-state index >= 15 is 0 Å². The summed E-state index contributed by atoms with van der Waals surface area (Å²) in [7, 11) is 0. The summed E-state index contributed by atoms with van der Waals surface area (Å²) in [5.41, 5.74) is 3.48. The SMILES string of the molecule is c1ccc(CN2CCCCC2[C@@H]2COC(c3ccccc3)(c3ccccc3)O2)cc1. The Labute approximate surface area is 179 Å². The number of nitrogens with zero attached hydrogens (tertiary/aromatic N) is 1. The molecule has 3 nitrogen and oxygen atoms in total. The van der Waals surface area contributed by atoms with E-state index in [2.05, 4.69) is 83.8 Å². The molecule has 30 heavy (non-hydrogen) atoms. The third kappa shape index (κ3) is 3.81. The van der Waals surface area contributed by atoms with E-state index in [1.807, 2.05) is 12.1 Å². The fraction of sp³-hybridized carbons (Fsp3) is 0.333. The van der Waals surface area contributed by atoms with E-state index < -0.39 is 5.79 Å². The van der Waals surface area contributed by atoms with Crippen molar-refractivity contribution in [3.63, 3.8) is 0 Å². The molecule has 0 radical (unpaired) electrons. The van der Waals surface area contributed by atoms with Crippen LogP contribution in [-0.2, 0) is 21.8 Å². The van der Waals surface area contributed by atoms with Gasteiger partial charge >= 0.3 is 0 Å². The molecule has 0 aromatic heterocycles. The van der Waals surface area contributed by atoms with Crippen LogP contribution in [0.15, 0.2) is 91.0 Å². The van der Waals surface area contributed by atoms with Gasteiger partial charge in [-0.05, 0) is 24.9 Å². The van der Waals surface area contributed by atoms with Gasteiger partial charge in [-0.1, -0.05) is 97.4 Å². The first kappa shape index (κ1) is 19.5. The fourth-order valence-electron chi connectivity index (χ4n) is 4.91. The summed E-state index contributed by atoms with van der Waals surface area (Å²) in [4.78, 5) is 2.60. The number of rotatable bonds is 5. The average Bonchev–Trinajstić information content (AvgIpc) is 3.28. The molecule has 1 unspecified atom stereocenters. The monoisotopic (exact) mass is 399 g/mol. The maximum absolute atomic E-state index is 6.86. The van der Waals surface area contributed by atoms with E-state index in [9.17, 15) is 0 Å². The van der Waals surface area contributed by atoms with Crippen LogP contribution in [-0.4, -0.2) is 30.2 Å². The fourth-order valence-corrected chi connectivity index (χ4v) is 4.91. The van der Waals surface area contributed by atoms with E-state index in [-0.39, 0.29) is 6.10 Å². The predicted molar refractivity (Wildman–Crippen MR) is 119 cm³/mol. The normalized spacial score (nSPS) is 24.0. The third-order valence-electron chi connectivity index (χ3n) is 6.40. The van der Waals surface area contributed by atoms with Gasteiger partial charge in [0.1, 0.15) is 6.10 Å². The zero-order valence-electron chi connectivity index (χ0n) is 17.3. The topological polar surface area (TPSA) is 21.7 Å². The number of benzene rings is 3. The molecule has 0 aliphatic carbocycles. The van der Waals surface area contributed by atoms with Crippen molar-refractivity contribution in [3.05, 3.63) is 108 Å². The van der Waals surface area contributed by atoms with Gasteiger partial charge in [0.05, 0.1) is 6.61 Å². The van der Waals surface area contributed by atoms with Crippen LogP contribution < -0.4 is 0 Å². The number of likely N-dealkylation sites (tertiary alicyclic amines) is 1. The van der Waals surface area contributed by atoms with E-state index in [1.54, 1.807) is 0 Å². The lowest BCUT2D eigenvalue weighted by Gasteiger charge is -2.39. The summed E-state index contributed by atoms with van der Waals surface area (Å²) in [5.74, 6) is -0.830. The van der Waals surface area contributed by atoms with Crippen LogP contribution in [0.4, 0.5) is 0 Å². The lowest BCUT2D eigenvalue weighted by atomic mass is 9.95. The molecule has 3 aromatic carbocycles. The minimum atomic E-state index is -0.830. The second kappa shape index (κ2) is 8.73. The Morgan fingerprint density at radius 1 is 0.767 bits per heavy atom.